The fraction of sp³-hybridized carbons (Fsp3) is 0.200. The number of aromatic amines is 1. The molecule has 4 heterocycles. The number of hydrogen-bond donors (Lipinski definition) is 3. The first-order valence-electron chi connectivity index (χ1n) is 12.9. The van der Waals surface area contributed by atoms with E-state index in [2.05, 4.69) is 15.6 Å². The fourth-order valence-corrected chi connectivity index (χ4v) is 6.57. The lowest BCUT2D eigenvalue weighted by atomic mass is 9.76. The van der Waals surface area contributed by atoms with Gasteiger partial charge in [-0.15, -0.1) is 0 Å². The molecule has 40 heavy (non-hydrogen) atoms. The van der Waals surface area contributed by atoms with Crippen LogP contribution in [-0.4, -0.2) is 34.7 Å². The number of halogens is 1. The normalized spacial score (nSPS) is 25.0. The molecule has 3 aliphatic rings. The summed E-state index contributed by atoms with van der Waals surface area (Å²) >= 11 is 0. The quantitative estimate of drug-likeness (QED) is 0.208. The molecule has 0 aliphatic carbocycles. The number of rotatable bonds is 4. The van der Waals surface area contributed by atoms with Crippen molar-refractivity contribution in [1.29, 1.82) is 0 Å². The van der Waals surface area contributed by atoms with Gasteiger partial charge in [0.05, 0.1) is 17.5 Å². The lowest BCUT2D eigenvalue weighted by Crippen LogP contribution is -2.53. The van der Waals surface area contributed by atoms with Gasteiger partial charge >= 0.3 is 5.97 Å². The zero-order valence-corrected chi connectivity index (χ0v) is 21.2. The third kappa shape index (κ3) is 3.35. The molecule has 7 rings (SSSR count). The molecule has 3 N–H and O–H groups in total. The number of benzene rings is 3. The van der Waals surface area contributed by atoms with Gasteiger partial charge in [0.1, 0.15) is 17.1 Å². The molecular formula is C30H23FN4O5. The van der Waals surface area contributed by atoms with Crippen molar-refractivity contribution in [3.8, 4) is 5.75 Å². The number of hydrogen-bond acceptors (Lipinski definition) is 6. The topological polar surface area (TPSA) is 121 Å². The molecule has 3 amide bonds. The number of amides is 3. The molecule has 2 fully saturated rings. The summed E-state index contributed by atoms with van der Waals surface area (Å²) in [5, 5.41) is 7.11. The van der Waals surface area contributed by atoms with Crippen molar-refractivity contribution in [2.75, 3.05) is 10.2 Å². The molecular weight excluding hydrogens is 515 g/mol. The third-order valence-corrected chi connectivity index (χ3v) is 8.15. The van der Waals surface area contributed by atoms with Crippen LogP contribution in [0.2, 0.25) is 0 Å². The molecule has 4 aromatic rings. The maximum Gasteiger partial charge on any atom is 0.308 e. The summed E-state index contributed by atoms with van der Waals surface area (Å²) < 4.78 is 19.6. The van der Waals surface area contributed by atoms with Crippen molar-refractivity contribution in [2.24, 2.45) is 11.8 Å². The first-order valence-corrected chi connectivity index (χ1v) is 12.9. The molecule has 2 saturated heterocycles. The fourth-order valence-electron chi connectivity index (χ4n) is 6.57. The Balaban J connectivity index is 1.34. The molecule has 1 spiro atoms. The molecule has 10 heteroatoms. The molecule has 3 aliphatic heterocycles. The molecule has 3 aromatic carbocycles. The molecule has 2 unspecified atom stereocenters. The number of aromatic nitrogens is 1. The summed E-state index contributed by atoms with van der Waals surface area (Å²) in [6.07, 6.45) is 2.21. The highest BCUT2D eigenvalue weighted by molar-refractivity contribution is 6.25. The van der Waals surface area contributed by atoms with Crippen molar-refractivity contribution in [1.82, 2.24) is 10.3 Å². The lowest BCUT2D eigenvalue weighted by Gasteiger charge is -2.29. The van der Waals surface area contributed by atoms with Crippen molar-refractivity contribution >= 4 is 46.0 Å². The molecule has 200 valence electrons. The van der Waals surface area contributed by atoms with E-state index in [0.717, 1.165) is 21.4 Å². The van der Waals surface area contributed by atoms with E-state index in [4.69, 9.17) is 4.74 Å². The largest absolute Gasteiger partial charge is 0.427 e. The van der Waals surface area contributed by atoms with Crippen LogP contribution in [-0.2, 0) is 31.1 Å². The molecule has 9 nitrogen and oxygen atoms in total. The number of fused-ring (bicyclic) bond motifs is 5. The highest BCUT2D eigenvalue weighted by atomic mass is 19.1. The molecule has 0 saturated carbocycles. The van der Waals surface area contributed by atoms with Gasteiger partial charge in [-0.2, -0.15) is 0 Å². The molecule has 0 bridgehead atoms. The Morgan fingerprint density at radius 1 is 1.02 bits per heavy atom. The number of carbonyl (C=O) groups is 4. The predicted molar refractivity (Wildman–Crippen MR) is 143 cm³/mol. The smallest absolute Gasteiger partial charge is 0.308 e. The second-order valence-corrected chi connectivity index (χ2v) is 10.4. The Bertz CT molecular complexity index is 1750. The number of nitrogens with one attached hydrogen (secondary N) is 3. The summed E-state index contributed by atoms with van der Waals surface area (Å²) in [6.45, 7) is 1.27. The van der Waals surface area contributed by atoms with Gasteiger partial charge in [-0.1, -0.05) is 18.2 Å². The van der Waals surface area contributed by atoms with Gasteiger partial charge in [0, 0.05) is 41.3 Å². The monoisotopic (exact) mass is 538 g/mol. The van der Waals surface area contributed by atoms with Gasteiger partial charge in [-0.3, -0.25) is 24.5 Å². The van der Waals surface area contributed by atoms with E-state index in [1.807, 2.05) is 30.5 Å². The average Bonchev–Trinajstić information content (AvgIpc) is 3.64. The van der Waals surface area contributed by atoms with Crippen molar-refractivity contribution < 1.29 is 28.3 Å². The Kier molecular flexibility index (Phi) is 5.20. The standard InChI is InChI=1S/C30H23FN4O5/c1-15(36)40-19-9-7-18(8-10-19)35-27(37)25-24(12-16-14-32-22-5-3-2-4-20(16)22)34-30(26(25)28(35)38)21-13-17(31)6-11-23(21)33-29(30)39/h2-11,13-14,24-26,32,34H,12H2,1H3,(H,33,39)/t24?,25-,26+,30?/m1/s1. The first-order chi connectivity index (χ1) is 19.3. The van der Waals surface area contributed by atoms with Gasteiger partial charge in [0.25, 0.3) is 0 Å². The van der Waals surface area contributed by atoms with Crippen LogP contribution in [0.1, 0.15) is 18.1 Å². The Morgan fingerprint density at radius 3 is 2.58 bits per heavy atom. The third-order valence-electron chi connectivity index (χ3n) is 8.15. The molecule has 1 aromatic heterocycles. The van der Waals surface area contributed by atoms with Gasteiger partial charge in [0.15, 0.2) is 0 Å². The molecule has 0 radical (unpaired) electrons. The first kappa shape index (κ1) is 24.2. The van der Waals surface area contributed by atoms with Crippen molar-refractivity contribution in [3.63, 3.8) is 0 Å². The summed E-state index contributed by atoms with van der Waals surface area (Å²) in [5.41, 5.74) is 1.22. The number of anilines is 2. The van der Waals surface area contributed by atoms with Crippen molar-refractivity contribution in [2.45, 2.75) is 24.9 Å². The summed E-state index contributed by atoms with van der Waals surface area (Å²) in [5.74, 6) is -4.30. The number of ether oxygens (including phenoxy) is 1. The van der Waals surface area contributed by atoms with Crippen LogP contribution in [0.4, 0.5) is 15.8 Å². The predicted octanol–water partition coefficient (Wildman–Crippen LogP) is 3.40. The summed E-state index contributed by atoms with van der Waals surface area (Å²) in [4.78, 5) is 57.5. The van der Waals surface area contributed by atoms with Crippen LogP contribution in [0.15, 0.2) is 72.9 Å². The van der Waals surface area contributed by atoms with Crippen LogP contribution >= 0.6 is 0 Å². The Hall–Kier alpha value is -4.83. The second kappa shape index (κ2) is 8.59. The zero-order valence-electron chi connectivity index (χ0n) is 21.2. The van der Waals surface area contributed by atoms with E-state index in [0.29, 0.717) is 23.4 Å². The van der Waals surface area contributed by atoms with Crippen molar-refractivity contribution in [3.05, 3.63) is 89.9 Å². The minimum absolute atomic E-state index is 0.269. The van der Waals surface area contributed by atoms with Gasteiger partial charge < -0.3 is 15.0 Å². The number of esters is 1. The van der Waals surface area contributed by atoms with E-state index in [9.17, 15) is 23.6 Å². The number of H-pyrrole nitrogens is 1. The maximum atomic E-state index is 14.5. The molecule has 4 atom stereocenters. The van der Waals surface area contributed by atoms with E-state index >= 15 is 0 Å². The zero-order chi connectivity index (χ0) is 27.8. The van der Waals surface area contributed by atoms with Crippen LogP contribution < -0.4 is 20.3 Å². The lowest BCUT2D eigenvalue weighted by molar-refractivity contribution is -0.132. The number of carbonyl (C=O) groups excluding carboxylic acids is 4. The van der Waals surface area contributed by atoms with Crippen LogP contribution in [0.25, 0.3) is 10.9 Å². The van der Waals surface area contributed by atoms with E-state index < -0.39 is 52.9 Å². The van der Waals surface area contributed by atoms with Crippen LogP contribution in [0.3, 0.4) is 0 Å². The number of imide groups is 1. The van der Waals surface area contributed by atoms with E-state index in [-0.39, 0.29) is 5.75 Å². The van der Waals surface area contributed by atoms with E-state index in [1.54, 1.807) is 0 Å². The van der Waals surface area contributed by atoms with Gasteiger partial charge in [-0.25, -0.2) is 9.29 Å². The highest BCUT2D eigenvalue weighted by Crippen LogP contribution is 2.54. The van der Waals surface area contributed by atoms with Gasteiger partial charge in [0.2, 0.25) is 17.7 Å². The summed E-state index contributed by atoms with van der Waals surface area (Å²) in [7, 11) is 0. The van der Waals surface area contributed by atoms with Crippen LogP contribution in [0, 0.1) is 17.7 Å². The minimum Gasteiger partial charge on any atom is -0.427 e. The number of nitrogens with zero attached hydrogens (tertiary/aromatic N) is 1. The van der Waals surface area contributed by atoms with Crippen LogP contribution in [0.5, 0.6) is 5.75 Å². The Morgan fingerprint density at radius 2 is 1.80 bits per heavy atom. The highest BCUT2D eigenvalue weighted by Gasteiger charge is 2.70. The summed E-state index contributed by atoms with van der Waals surface area (Å²) in [6, 6.07) is 17.1. The van der Waals surface area contributed by atoms with E-state index in [1.165, 1.54) is 49.4 Å². The van der Waals surface area contributed by atoms with Gasteiger partial charge in [-0.05, 0) is 60.5 Å². The second-order valence-electron chi connectivity index (χ2n) is 10.4. The number of para-hydroxylation sites is 1. The average molecular weight is 539 g/mol. The SMILES string of the molecule is CC(=O)Oc1ccc(N2C(=O)[C@@H]3C(Cc4c[nH]c5ccccc45)NC4(C(=O)Nc5ccc(F)cc54)[C@@H]3C2=O)cc1. The Labute approximate surface area is 227 Å². The minimum atomic E-state index is -1.63. The maximum absolute atomic E-state index is 14.5.